The fourth-order valence-corrected chi connectivity index (χ4v) is 2.27. The number of ether oxygens (including phenoxy) is 1. The van der Waals surface area contributed by atoms with Crippen LogP contribution in [0.5, 0.6) is 0 Å². The van der Waals surface area contributed by atoms with Crippen LogP contribution in [0.3, 0.4) is 0 Å². The van der Waals surface area contributed by atoms with Crippen LogP contribution in [-0.4, -0.2) is 37.9 Å². The molecular formula is C13H16N4O3. The van der Waals surface area contributed by atoms with Crippen molar-refractivity contribution >= 4 is 17.4 Å². The maximum atomic E-state index is 12.4. The molecule has 3 heterocycles. The molecule has 0 spiro atoms. The number of nitrogens with zero attached hydrogens (tertiary/aromatic N) is 4. The van der Waals surface area contributed by atoms with E-state index in [9.17, 15) is 10.0 Å². The van der Waals surface area contributed by atoms with E-state index in [2.05, 4.69) is 10.1 Å². The Morgan fingerprint density at radius 3 is 2.90 bits per heavy atom. The standard InChI is InChI=1S/C13H16N4O3/c1-13(2,3)20-12(18)10-8-5-7-16(19)11(8)15-9-4-6-14-17(9)10/h4,6,19H,5,7H2,1-3H3. The highest BCUT2D eigenvalue weighted by Crippen LogP contribution is 2.29. The quantitative estimate of drug-likeness (QED) is 0.794. The van der Waals surface area contributed by atoms with Gasteiger partial charge in [0.15, 0.2) is 17.2 Å². The summed E-state index contributed by atoms with van der Waals surface area (Å²) in [6.45, 7) is 5.84. The number of fused-ring (bicyclic) bond motifs is 2. The molecule has 1 N–H and O–H groups in total. The number of hydrogen-bond donors (Lipinski definition) is 1. The van der Waals surface area contributed by atoms with Crippen LogP contribution in [0, 0.1) is 0 Å². The summed E-state index contributed by atoms with van der Waals surface area (Å²) in [5, 5.41) is 15.0. The van der Waals surface area contributed by atoms with Gasteiger partial charge in [0.05, 0.1) is 12.7 Å². The van der Waals surface area contributed by atoms with E-state index in [1.54, 1.807) is 12.3 Å². The molecule has 7 nitrogen and oxygen atoms in total. The average molecular weight is 276 g/mol. The van der Waals surface area contributed by atoms with E-state index in [1.165, 1.54) is 4.52 Å². The first kappa shape index (κ1) is 12.9. The highest BCUT2D eigenvalue weighted by Gasteiger charge is 2.31. The van der Waals surface area contributed by atoms with E-state index in [1.807, 2.05) is 20.8 Å². The molecule has 2 aromatic heterocycles. The molecule has 7 heteroatoms. The zero-order chi connectivity index (χ0) is 14.5. The van der Waals surface area contributed by atoms with Gasteiger partial charge in [0.2, 0.25) is 0 Å². The number of rotatable bonds is 1. The second-order valence-electron chi connectivity index (χ2n) is 5.74. The molecule has 0 atom stereocenters. The summed E-state index contributed by atoms with van der Waals surface area (Å²) >= 11 is 0. The van der Waals surface area contributed by atoms with Crippen molar-refractivity contribution in [3.8, 4) is 0 Å². The van der Waals surface area contributed by atoms with E-state index in [0.717, 1.165) is 5.06 Å². The number of carbonyl (C=O) groups is 1. The Labute approximate surface area is 115 Å². The van der Waals surface area contributed by atoms with Gasteiger partial charge in [0, 0.05) is 11.6 Å². The molecule has 0 fully saturated rings. The maximum Gasteiger partial charge on any atom is 0.358 e. The monoisotopic (exact) mass is 276 g/mol. The van der Waals surface area contributed by atoms with Crippen LogP contribution in [-0.2, 0) is 11.2 Å². The van der Waals surface area contributed by atoms with Crippen molar-refractivity contribution in [2.24, 2.45) is 0 Å². The number of hydroxylamine groups is 1. The van der Waals surface area contributed by atoms with Crippen molar-refractivity contribution in [2.45, 2.75) is 32.8 Å². The molecule has 0 unspecified atom stereocenters. The zero-order valence-corrected chi connectivity index (χ0v) is 11.6. The van der Waals surface area contributed by atoms with E-state index in [4.69, 9.17) is 4.74 Å². The molecule has 2 aromatic rings. The third-order valence-corrected chi connectivity index (χ3v) is 3.02. The summed E-state index contributed by atoms with van der Waals surface area (Å²) < 4.78 is 6.90. The van der Waals surface area contributed by atoms with Gasteiger partial charge in [-0.1, -0.05) is 0 Å². The third-order valence-electron chi connectivity index (χ3n) is 3.02. The van der Waals surface area contributed by atoms with Crippen molar-refractivity contribution < 1.29 is 14.7 Å². The summed E-state index contributed by atoms with van der Waals surface area (Å²) in [6.07, 6.45) is 2.09. The van der Waals surface area contributed by atoms with Crippen LogP contribution in [0.15, 0.2) is 12.3 Å². The number of aromatic nitrogens is 3. The summed E-state index contributed by atoms with van der Waals surface area (Å²) in [5.41, 5.74) is 0.912. The first-order chi connectivity index (χ1) is 9.37. The van der Waals surface area contributed by atoms with Crippen molar-refractivity contribution in [3.63, 3.8) is 0 Å². The SMILES string of the molecule is CC(C)(C)OC(=O)c1c2c(nc3ccnn13)N(O)CC2. The highest BCUT2D eigenvalue weighted by atomic mass is 16.6. The van der Waals surface area contributed by atoms with Gasteiger partial charge < -0.3 is 4.74 Å². The molecule has 1 aliphatic heterocycles. The molecule has 0 radical (unpaired) electrons. The van der Waals surface area contributed by atoms with Gasteiger partial charge in [-0.15, -0.1) is 0 Å². The van der Waals surface area contributed by atoms with Gasteiger partial charge in [0.1, 0.15) is 5.60 Å². The van der Waals surface area contributed by atoms with Crippen LogP contribution in [0.2, 0.25) is 0 Å². The highest BCUT2D eigenvalue weighted by molar-refractivity contribution is 5.92. The van der Waals surface area contributed by atoms with E-state index < -0.39 is 11.6 Å². The first-order valence-corrected chi connectivity index (χ1v) is 6.43. The van der Waals surface area contributed by atoms with Crippen LogP contribution in [0.4, 0.5) is 5.82 Å². The van der Waals surface area contributed by atoms with Gasteiger partial charge >= 0.3 is 5.97 Å². The fourth-order valence-electron chi connectivity index (χ4n) is 2.27. The fraction of sp³-hybridized carbons (Fsp3) is 0.462. The van der Waals surface area contributed by atoms with E-state index in [0.29, 0.717) is 35.7 Å². The summed E-state index contributed by atoms with van der Waals surface area (Å²) in [7, 11) is 0. The normalized spacial score (nSPS) is 14.7. The Balaban J connectivity index is 2.18. The first-order valence-electron chi connectivity index (χ1n) is 6.43. The minimum Gasteiger partial charge on any atom is -0.455 e. The Kier molecular flexibility index (Phi) is 2.68. The van der Waals surface area contributed by atoms with Crippen molar-refractivity contribution in [1.29, 1.82) is 0 Å². The zero-order valence-electron chi connectivity index (χ0n) is 11.6. The molecule has 0 aromatic carbocycles. The summed E-state index contributed by atoms with van der Waals surface area (Å²) in [4.78, 5) is 16.7. The van der Waals surface area contributed by atoms with Crippen molar-refractivity contribution in [3.05, 3.63) is 23.5 Å². The Morgan fingerprint density at radius 2 is 2.20 bits per heavy atom. The molecular weight excluding hydrogens is 260 g/mol. The van der Waals surface area contributed by atoms with Crippen LogP contribution in [0.1, 0.15) is 36.8 Å². The molecule has 0 amide bonds. The molecule has 1 aliphatic rings. The topological polar surface area (TPSA) is 80.0 Å². The number of hydrogen-bond acceptors (Lipinski definition) is 6. The Hall–Kier alpha value is -2.15. The lowest BCUT2D eigenvalue weighted by molar-refractivity contribution is 0.00586. The lowest BCUT2D eigenvalue weighted by Gasteiger charge is -2.20. The van der Waals surface area contributed by atoms with Crippen molar-refractivity contribution in [1.82, 2.24) is 14.6 Å². The molecule has 0 bridgehead atoms. The van der Waals surface area contributed by atoms with Gasteiger partial charge in [-0.25, -0.2) is 19.4 Å². The molecule has 0 aliphatic carbocycles. The molecule has 3 rings (SSSR count). The molecule has 0 saturated carbocycles. The number of anilines is 1. The van der Waals surface area contributed by atoms with Gasteiger partial charge in [-0.05, 0) is 27.2 Å². The van der Waals surface area contributed by atoms with Crippen molar-refractivity contribution in [2.75, 3.05) is 11.6 Å². The second kappa shape index (κ2) is 4.17. The van der Waals surface area contributed by atoms with Gasteiger partial charge in [-0.2, -0.15) is 5.10 Å². The lowest BCUT2D eigenvalue weighted by atomic mass is 10.1. The largest absolute Gasteiger partial charge is 0.455 e. The maximum absolute atomic E-state index is 12.4. The molecule has 20 heavy (non-hydrogen) atoms. The Morgan fingerprint density at radius 1 is 1.45 bits per heavy atom. The van der Waals surface area contributed by atoms with Crippen LogP contribution < -0.4 is 5.06 Å². The minimum atomic E-state index is -0.593. The summed E-state index contributed by atoms with van der Waals surface area (Å²) in [6, 6.07) is 1.68. The van der Waals surface area contributed by atoms with Gasteiger partial charge in [-0.3, -0.25) is 5.21 Å². The third kappa shape index (κ3) is 2.00. The number of esters is 1. The van der Waals surface area contributed by atoms with Crippen LogP contribution in [0.25, 0.3) is 5.65 Å². The predicted molar refractivity (Wildman–Crippen MR) is 71.0 cm³/mol. The minimum absolute atomic E-state index is 0.335. The molecule has 106 valence electrons. The average Bonchev–Trinajstić information content (AvgIpc) is 2.91. The lowest BCUT2D eigenvalue weighted by Crippen LogP contribution is -2.26. The second-order valence-corrected chi connectivity index (χ2v) is 5.74. The van der Waals surface area contributed by atoms with E-state index in [-0.39, 0.29) is 0 Å². The van der Waals surface area contributed by atoms with Crippen LogP contribution >= 0.6 is 0 Å². The Bertz CT molecular complexity index is 687. The summed E-state index contributed by atoms with van der Waals surface area (Å²) in [5.74, 6) is -0.0565. The molecule has 0 saturated heterocycles. The predicted octanol–water partition coefficient (Wildman–Crippen LogP) is 1.44. The smallest absolute Gasteiger partial charge is 0.358 e. The number of carbonyl (C=O) groups excluding carboxylic acids is 1. The van der Waals surface area contributed by atoms with Gasteiger partial charge in [0.25, 0.3) is 0 Å². The van der Waals surface area contributed by atoms with E-state index >= 15 is 0 Å².